The van der Waals surface area contributed by atoms with Crippen LogP contribution in [0.5, 0.6) is 5.75 Å². The number of nitrogens with zero attached hydrogens (tertiary/aromatic N) is 1. The van der Waals surface area contributed by atoms with Crippen LogP contribution in [-0.4, -0.2) is 16.1 Å². The number of benzene rings is 3. The molecule has 0 aliphatic heterocycles. The molecule has 1 unspecified atom stereocenters. The van der Waals surface area contributed by atoms with Crippen molar-refractivity contribution in [3.05, 3.63) is 129 Å². The zero-order chi connectivity index (χ0) is 27.8. The number of rotatable bonds is 9. The smallest absolute Gasteiger partial charge is 0.408 e. The van der Waals surface area contributed by atoms with E-state index in [1.165, 1.54) is 6.07 Å². The number of hydrogen-bond donors (Lipinski definition) is 2. The van der Waals surface area contributed by atoms with Crippen molar-refractivity contribution in [3.63, 3.8) is 0 Å². The Morgan fingerprint density at radius 3 is 2.15 bits per heavy atom. The number of alkyl carbamates (subject to hydrolysis) is 1. The van der Waals surface area contributed by atoms with Crippen LogP contribution in [0.15, 0.2) is 89.7 Å². The van der Waals surface area contributed by atoms with Gasteiger partial charge in [-0.25, -0.2) is 9.78 Å². The lowest BCUT2D eigenvalue weighted by Crippen LogP contribution is -2.33. The number of carbonyl (C=O) groups is 1. The van der Waals surface area contributed by atoms with Gasteiger partial charge in [0.2, 0.25) is 0 Å². The quantitative estimate of drug-likeness (QED) is 0.273. The molecule has 4 aromatic rings. The molecule has 1 aromatic heterocycles. The standard InChI is InChI=1S/C32H35N3O4/c1-22-17-29(36)35-30(33-22)27(34-31(37)39-21-24-13-9-6-10-14-24)19-25-15-16-28(26(18-25)32(2,3)4)38-20-23-11-7-5-8-12-23/h5-18,27H,19-21H2,1-4H3,(H,34,37)(H,33,35,36). The number of aryl methyl sites for hydroxylation is 1. The van der Waals surface area contributed by atoms with Gasteiger partial charge in [0.15, 0.2) is 0 Å². The molecule has 0 spiro atoms. The summed E-state index contributed by atoms with van der Waals surface area (Å²) in [5.74, 6) is 1.18. The largest absolute Gasteiger partial charge is 0.489 e. The lowest BCUT2D eigenvalue weighted by molar-refractivity contribution is 0.135. The van der Waals surface area contributed by atoms with E-state index >= 15 is 0 Å². The SMILES string of the molecule is Cc1cc(=O)[nH]c(C(Cc2ccc(OCc3ccccc3)c(C(C)(C)C)c2)NC(=O)OCc2ccccc2)n1. The molecule has 7 nitrogen and oxygen atoms in total. The predicted molar refractivity (Wildman–Crippen MR) is 152 cm³/mol. The van der Waals surface area contributed by atoms with Crippen molar-refractivity contribution < 1.29 is 14.3 Å². The average molecular weight is 526 g/mol. The second-order valence-corrected chi connectivity index (χ2v) is 10.6. The van der Waals surface area contributed by atoms with Gasteiger partial charge in [0.25, 0.3) is 5.56 Å². The molecule has 2 N–H and O–H groups in total. The van der Waals surface area contributed by atoms with Gasteiger partial charge in [0.1, 0.15) is 24.8 Å². The van der Waals surface area contributed by atoms with Gasteiger partial charge in [0, 0.05) is 18.2 Å². The lowest BCUT2D eigenvalue weighted by Gasteiger charge is -2.25. The van der Waals surface area contributed by atoms with Gasteiger partial charge in [0.05, 0.1) is 6.04 Å². The summed E-state index contributed by atoms with van der Waals surface area (Å²) >= 11 is 0. The molecule has 1 amide bonds. The fourth-order valence-corrected chi connectivity index (χ4v) is 4.28. The van der Waals surface area contributed by atoms with Gasteiger partial charge >= 0.3 is 6.09 Å². The fourth-order valence-electron chi connectivity index (χ4n) is 4.28. The van der Waals surface area contributed by atoms with E-state index in [0.717, 1.165) is 28.0 Å². The van der Waals surface area contributed by atoms with E-state index < -0.39 is 12.1 Å². The van der Waals surface area contributed by atoms with E-state index in [-0.39, 0.29) is 17.6 Å². The molecule has 4 rings (SSSR count). The van der Waals surface area contributed by atoms with Crippen LogP contribution in [0.3, 0.4) is 0 Å². The first-order valence-electron chi connectivity index (χ1n) is 13.0. The highest BCUT2D eigenvalue weighted by Gasteiger charge is 2.23. The number of nitrogens with one attached hydrogen (secondary N) is 2. The van der Waals surface area contributed by atoms with Crippen LogP contribution >= 0.6 is 0 Å². The number of carbonyl (C=O) groups excluding carboxylic acids is 1. The molecule has 1 heterocycles. The highest BCUT2D eigenvalue weighted by molar-refractivity contribution is 5.67. The molecule has 0 radical (unpaired) electrons. The van der Waals surface area contributed by atoms with Gasteiger partial charge < -0.3 is 19.8 Å². The molecule has 0 aliphatic rings. The molecule has 7 heteroatoms. The molecule has 0 aliphatic carbocycles. The highest BCUT2D eigenvalue weighted by Crippen LogP contribution is 2.33. The maximum atomic E-state index is 12.8. The van der Waals surface area contributed by atoms with E-state index in [0.29, 0.717) is 24.5 Å². The van der Waals surface area contributed by atoms with Crippen LogP contribution in [0.4, 0.5) is 4.79 Å². The summed E-state index contributed by atoms with van der Waals surface area (Å²) in [5, 5.41) is 2.90. The average Bonchev–Trinajstić information content (AvgIpc) is 2.91. The van der Waals surface area contributed by atoms with Gasteiger partial charge in [-0.05, 0) is 40.7 Å². The van der Waals surface area contributed by atoms with Gasteiger partial charge in [-0.3, -0.25) is 4.79 Å². The molecule has 0 saturated heterocycles. The second-order valence-electron chi connectivity index (χ2n) is 10.6. The molecule has 3 aromatic carbocycles. The first kappa shape index (κ1) is 27.6. The third kappa shape index (κ3) is 8.04. The number of H-pyrrole nitrogens is 1. The molecule has 202 valence electrons. The van der Waals surface area contributed by atoms with Crippen LogP contribution in [0.25, 0.3) is 0 Å². The summed E-state index contributed by atoms with van der Waals surface area (Å²) in [6, 6.07) is 26.4. The summed E-state index contributed by atoms with van der Waals surface area (Å²) in [7, 11) is 0. The van der Waals surface area contributed by atoms with Crippen molar-refractivity contribution in [2.24, 2.45) is 0 Å². The number of hydrogen-bond acceptors (Lipinski definition) is 5. The Hall–Kier alpha value is -4.39. The van der Waals surface area contributed by atoms with E-state index in [1.54, 1.807) is 6.92 Å². The van der Waals surface area contributed by atoms with Gasteiger partial charge in [-0.15, -0.1) is 0 Å². The molecule has 1 atom stereocenters. The third-order valence-corrected chi connectivity index (χ3v) is 6.25. The topological polar surface area (TPSA) is 93.3 Å². The summed E-state index contributed by atoms with van der Waals surface area (Å²) in [5.41, 5.74) is 4.09. The van der Waals surface area contributed by atoms with Crippen LogP contribution < -0.4 is 15.6 Å². The van der Waals surface area contributed by atoms with E-state index in [9.17, 15) is 9.59 Å². The summed E-state index contributed by atoms with van der Waals surface area (Å²) < 4.78 is 11.7. The van der Waals surface area contributed by atoms with Crippen molar-refractivity contribution >= 4 is 6.09 Å². The van der Waals surface area contributed by atoms with Crippen molar-refractivity contribution in [3.8, 4) is 5.75 Å². The van der Waals surface area contributed by atoms with Gasteiger partial charge in [-0.2, -0.15) is 0 Å². The second kappa shape index (κ2) is 12.4. The third-order valence-electron chi connectivity index (χ3n) is 6.25. The van der Waals surface area contributed by atoms with Crippen LogP contribution in [0.1, 0.15) is 60.6 Å². The van der Waals surface area contributed by atoms with Crippen LogP contribution in [-0.2, 0) is 29.8 Å². The molecule has 0 bridgehead atoms. The van der Waals surface area contributed by atoms with Crippen LogP contribution in [0, 0.1) is 6.92 Å². The Bertz CT molecular complexity index is 1440. The first-order valence-corrected chi connectivity index (χ1v) is 13.0. The zero-order valence-corrected chi connectivity index (χ0v) is 22.9. The Morgan fingerprint density at radius 1 is 0.897 bits per heavy atom. The number of aromatic nitrogens is 2. The Morgan fingerprint density at radius 2 is 1.54 bits per heavy atom. The van der Waals surface area contributed by atoms with E-state index in [4.69, 9.17) is 9.47 Å². The number of ether oxygens (including phenoxy) is 2. The zero-order valence-electron chi connectivity index (χ0n) is 22.9. The van der Waals surface area contributed by atoms with Gasteiger partial charge in [-0.1, -0.05) is 93.6 Å². The van der Waals surface area contributed by atoms with Crippen molar-refractivity contribution in [1.29, 1.82) is 0 Å². The first-order chi connectivity index (χ1) is 18.7. The maximum Gasteiger partial charge on any atom is 0.408 e. The minimum atomic E-state index is -0.607. The monoisotopic (exact) mass is 525 g/mol. The Labute approximate surface area is 229 Å². The Kier molecular flexibility index (Phi) is 8.81. The van der Waals surface area contributed by atoms with E-state index in [1.807, 2.05) is 72.8 Å². The number of amides is 1. The summed E-state index contributed by atoms with van der Waals surface area (Å²) in [6.45, 7) is 8.77. The minimum absolute atomic E-state index is 0.138. The van der Waals surface area contributed by atoms with Crippen LogP contribution in [0.2, 0.25) is 0 Å². The summed E-state index contributed by atoms with van der Waals surface area (Å²) in [6.07, 6.45) is -0.193. The Balaban J connectivity index is 1.57. The van der Waals surface area contributed by atoms with Crippen molar-refractivity contribution in [2.75, 3.05) is 0 Å². The van der Waals surface area contributed by atoms with Crippen molar-refractivity contribution in [1.82, 2.24) is 15.3 Å². The predicted octanol–water partition coefficient (Wildman–Crippen LogP) is 6.17. The lowest BCUT2D eigenvalue weighted by atomic mass is 9.84. The number of aromatic amines is 1. The molecule has 39 heavy (non-hydrogen) atoms. The maximum absolute atomic E-state index is 12.8. The van der Waals surface area contributed by atoms with E-state index in [2.05, 4.69) is 42.1 Å². The minimum Gasteiger partial charge on any atom is -0.489 e. The molecule has 0 fully saturated rings. The molecular formula is C32H35N3O4. The normalized spacial score (nSPS) is 12.0. The summed E-state index contributed by atoms with van der Waals surface area (Å²) in [4.78, 5) is 32.3. The molecule has 0 saturated carbocycles. The highest BCUT2D eigenvalue weighted by atomic mass is 16.5. The molecular weight excluding hydrogens is 490 g/mol. The van der Waals surface area contributed by atoms with Crippen molar-refractivity contribution in [2.45, 2.75) is 58.8 Å². The fraction of sp³-hybridized carbons (Fsp3) is 0.281.